The van der Waals surface area contributed by atoms with E-state index in [2.05, 4.69) is 5.32 Å². The average molecular weight is 295 g/mol. The second kappa shape index (κ2) is 6.54. The van der Waals surface area contributed by atoms with E-state index >= 15 is 0 Å². The summed E-state index contributed by atoms with van der Waals surface area (Å²) in [5, 5.41) is 22.7. The van der Waals surface area contributed by atoms with Gasteiger partial charge in [0.25, 0.3) is 0 Å². The SMILES string of the molecule is C[C@@H](NCC1(O)CCC(C(=O)O)CC1)c1cccc(F)c1. The molecule has 0 amide bonds. The van der Waals surface area contributed by atoms with Gasteiger partial charge in [-0.3, -0.25) is 4.79 Å². The third-order valence-corrected chi connectivity index (χ3v) is 4.35. The van der Waals surface area contributed by atoms with E-state index in [1.807, 2.05) is 13.0 Å². The Hall–Kier alpha value is -1.46. The first kappa shape index (κ1) is 15.9. The summed E-state index contributed by atoms with van der Waals surface area (Å²) in [4.78, 5) is 10.9. The molecule has 1 saturated carbocycles. The van der Waals surface area contributed by atoms with Crippen LogP contribution in [-0.4, -0.2) is 28.3 Å². The molecule has 4 nitrogen and oxygen atoms in total. The predicted octanol–water partition coefficient (Wildman–Crippen LogP) is 2.48. The molecule has 0 aromatic heterocycles. The molecule has 0 bridgehead atoms. The molecule has 21 heavy (non-hydrogen) atoms. The molecule has 0 saturated heterocycles. The number of hydrogen-bond acceptors (Lipinski definition) is 3. The number of benzene rings is 1. The molecule has 1 aliphatic carbocycles. The van der Waals surface area contributed by atoms with Gasteiger partial charge in [-0.25, -0.2) is 4.39 Å². The second-order valence-electron chi connectivity index (χ2n) is 5.99. The van der Waals surface area contributed by atoms with Crippen molar-refractivity contribution >= 4 is 5.97 Å². The molecule has 5 heteroatoms. The van der Waals surface area contributed by atoms with Crippen LogP contribution >= 0.6 is 0 Å². The molecule has 0 unspecified atom stereocenters. The molecule has 0 aliphatic heterocycles. The van der Waals surface area contributed by atoms with Gasteiger partial charge in [-0.15, -0.1) is 0 Å². The second-order valence-corrected chi connectivity index (χ2v) is 5.99. The van der Waals surface area contributed by atoms with Crippen LogP contribution in [0.1, 0.15) is 44.2 Å². The largest absolute Gasteiger partial charge is 0.481 e. The summed E-state index contributed by atoms with van der Waals surface area (Å²) < 4.78 is 13.2. The maximum atomic E-state index is 13.2. The third-order valence-electron chi connectivity index (χ3n) is 4.35. The highest BCUT2D eigenvalue weighted by Crippen LogP contribution is 2.32. The first-order chi connectivity index (χ1) is 9.89. The zero-order valence-corrected chi connectivity index (χ0v) is 12.2. The van der Waals surface area contributed by atoms with Gasteiger partial charge in [0.1, 0.15) is 5.82 Å². The minimum absolute atomic E-state index is 0.0677. The number of nitrogens with one attached hydrogen (secondary N) is 1. The molecule has 2 rings (SSSR count). The fraction of sp³-hybridized carbons (Fsp3) is 0.562. The van der Waals surface area contributed by atoms with Gasteiger partial charge >= 0.3 is 5.97 Å². The van der Waals surface area contributed by atoms with Crippen molar-refractivity contribution in [2.24, 2.45) is 5.92 Å². The molecule has 0 spiro atoms. The van der Waals surface area contributed by atoms with E-state index in [1.54, 1.807) is 6.07 Å². The summed E-state index contributed by atoms with van der Waals surface area (Å²) in [5.74, 6) is -1.40. The predicted molar refractivity (Wildman–Crippen MR) is 77.4 cm³/mol. The fourth-order valence-electron chi connectivity index (χ4n) is 2.82. The quantitative estimate of drug-likeness (QED) is 0.780. The van der Waals surface area contributed by atoms with Crippen LogP contribution in [0, 0.1) is 11.7 Å². The monoisotopic (exact) mass is 295 g/mol. The van der Waals surface area contributed by atoms with Crippen LogP contribution in [0.25, 0.3) is 0 Å². The third kappa shape index (κ3) is 4.25. The van der Waals surface area contributed by atoms with Gasteiger partial charge in [0.15, 0.2) is 0 Å². The van der Waals surface area contributed by atoms with Crippen molar-refractivity contribution in [3.8, 4) is 0 Å². The van der Waals surface area contributed by atoms with Crippen molar-refractivity contribution in [3.05, 3.63) is 35.6 Å². The zero-order chi connectivity index (χ0) is 15.5. The van der Waals surface area contributed by atoms with Crippen molar-refractivity contribution < 1.29 is 19.4 Å². The Labute approximate surface area is 124 Å². The average Bonchev–Trinajstić information content (AvgIpc) is 2.45. The Morgan fingerprint density at radius 1 is 1.48 bits per heavy atom. The number of aliphatic carboxylic acids is 1. The lowest BCUT2D eigenvalue weighted by molar-refractivity contribution is -0.144. The summed E-state index contributed by atoms with van der Waals surface area (Å²) in [6, 6.07) is 6.31. The standard InChI is InChI=1S/C16H22FNO3/c1-11(13-3-2-4-14(17)9-13)18-10-16(21)7-5-12(6-8-16)15(19)20/h2-4,9,11-12,18,21H,5-8,10H2,1H3,(H,19,20)/t11-,12?,16?/m1/s1. The van der Waals surface area contributed by atoms with E-state index in [4.69, 9.17) is 5.11 Å². The van der Waals surface area contributed by atoms with Crippen LogP contribution in [0.3, 0.4) is 0 Å². The summed E-state index contributed by atoms with van der Waals surface area (Å²) in [6.45, 7) is 2.30. The van der Waals surface area contributed by atoms with Crippen LogP contribution in [0.2, 0.25) is 0 Å². The minimum atomic E-state index is -0.868. The Balaban J connectivity index is 1.86. The normalized spacial score (nSPS) is 27.3. The van der Waals surface area contributed by atoms with Crippen LogP contribution < -0.4 is 5.32 Å². The van der Waals surface area contributed by atoms with E-state index in [-0.39, 0.29) is 17.8 Å². The maximum Gasteiger partial charge on any atom is 0.306 e. The van der Waals surface area contributed by atoms with Crippen LogP contribution in [0.4, 0.5) is 4.39 Å². The van der Waals surface area contributed by atoms with E-state index in [1.165, 1.54) is 12.1 Å². The lowest BCUT2D eigenvalue weighted by atomic mass is 9.78. The van der Waals surface area contributed by atoms with Crippen molar-refractivity contribution in [1.29, 1.82) is 0 Å². The van der Waals surface area contributed by atoms with E-state index in [0.717, 1.165) is 5.56 Å². The molecular weight excluding hydrogens is 273 g/mol. The summed E-state index contributed by atoms with van der Waals surface area (Å²) in [6.07, 6.45) is 1.96. The van der Waals surface area contributed by atoms with Gasteiger partial charge in [0.2, 0.25) is 0 Å². The highest BCUT2D eigenvalue weighted by molar-refractivity contribution is 5.70. The van der Waals surface area contributed by atoms with Gasteiger partial charge < -0.3 is 15.5 Å². The Bertz CT molecular complexity index is 498. The molecule has 116 valence electrons. The molecule has 1 fully saturated rings. The van der Waals surface area contributed by atoms with Crippen LogP contribution in [-0.2, 0) is 4.79 Å². The lowest BCUT2D eigenvalue weighted by Gasteiger charge is -2.35. The smallest absolute Gasteiger partial charge is 0.306 e. The lowest BCUT2D eigenvalue weighted by Crippen LogP contribution is -2.45. The van der Waals surface area contributed by atoms with Crippen molar-refractivity contribution in [2.75, 3.05) is 6.54 Å². The molecule has 1 aliphatic rings. The number of hydrogen-bond donors (Lipinski definition) is 3. The molecule has 3 N–H and O–H groups in total. The molecule has 0 heterocycles. The fourth-order valence-corrected chi connectivity index (χ4v) is 2.82. The first-order valence-electron chi connectivity index (χ1n) is 7.34. The number of halogens is 1. The van der Waals surface area contributed by atoms with Gasteiger partial charge in [0.05, 0.1) is 11.5 Å². The van der Waals surface area contributed by atoms with Crippen LogP contribution in [0.15, 0.2) is 24.3 Å². The van der Waals surface area contributed by atoms with Gasteiger partial charge in [-0.2, -0.15) is 0 Å². The molecule has 1 aromatic rings. The minimum Gasteiger partial charge on any atom is -0.481 e. The topological polar surface area (TPSA) is 69.6 Å². The summed E-state index contributed by atoms with van der Waals surface area (Å²) in [5.41, 5.74) is -0.0362. The Kier molecular flexibility index (Phi) is 4.96. The molecular formula is C16H22FNO3. The highest BCUT2D eigenvalue weighted by Gasteiger charge is 2.35. The molecule has 1 atom stereocenters. The highest BCUT2D eigenvalue weighted by atomic mass is 19.1. The zero-order valence-electron chi connectivity index (χ0n) is 12.2. The van der Waals surface area contributed by atoms with Crippen molar-refractivity contribution in [3.63, 3.8) is 0 Å². The van der Waals surface area contributed by atoms with Gasteiger partial charge in [-0.1, -0.05) is 12.1 Å². The Morgan fingerprint density at radius 2 is 2.14 bits per heavy atom. The van der Waals surface area contributed by atoms with E-state index < -0.39 is 11.6 Å². The first-order valence-corrected chi connectivity index (χ1v) is 7.34. The summed E-state index contributed by atoms with van der Waals surface area (Å²) in [7, 11) is 0. The van der Waals surface area contributed by atoms with Crippen molar-refractivity contribution in [2.45, 2.75) is 44.2 Å². The number of rotatable bonds is 5. The Morgan fingerprint density at radius 3 is 2.71 bits per heavy atom. The molecule has 0 radical (unpaired) electrons. The number of carbonyl (C=O) groups is 1. The number of carboxylic acids is 1. The molecule has 1 aromatic carbocycles. The number of carboxylic acid groups (broad SMARTS) is 1. The summed E-state index contributed by atoms with van der Waals surface area (Å²) >= 11 is 0. The van der Waals surface area contributed by atoms with E-state index in [9.17, 15) is 14.3 Å². The van der Waals surface area contributed by atoms with Crippen LogP contribution in [0.5, 0.6) is 0 Å². The van der Waals surface area contributed by atoms with Crippen molar-refractivity contribution in [1.82, 2.24) is 5.32 Å². The number of aliphatic hydroxyl groups is 1. The van der Waals surface area contributed by atoms with Gasteiger partial charge in [-0.05, 0) is 50.3 Å². The maximum absolute atomic E-state index is 13.2. The van der Waals surface area contributed by atoms with Gasteiger partial charge in [0, 0.05) is 12.6 Å². The van der Waals surface area contributed by atoms with E-state index in [0.29, 0.717) is 32.2 Å².